The van der Waals surface area contributed by atoms with Crippen LogP contribution in [-0.2, 0) is 4.74 Å². The summed E-state index contributed by atoms with van der Waals surface area (Å²) in [4.78, 5) is 16.8. The molecule has 0 radical (unpaired) electrons. The molecule has 0 aliphatic carbocycles. The van der Waals surface area contributed by atoms with Crippen molar-refractivity contribution in [2.45, 2.75) is 6.42 Å². The number of urea groups is 1. The summed E-state index contributed by atoms with van der Waals surface area (Å²) in [5.41, 5.74) is 2.97. The van der Waals surface area contributed by atoms with Crippen molar-refractivity contribution in [1.82, 2.24) is 9.80 Å². The number of carbonyl (C=O) groups is 1. The normalized spacial score (nSPS) is 14.7. The lowest BCUT2D eigenvalue weighted by Crippen LogP contribution is -2.50. The van der Waals surface area contributed by atoms with Gasteiger partial charge in [0, 0.05) is 52.1 Å². The van der Waals surface area contributed by atoms with E-state index < -0.39 is 0 Å². The Morgan fingerprint density at radius 3 is 2.43 bits per heavy atom. The topological polar surface area (TPSA) is 54.0 Å². The van der Waals surface area contributed by atoms with Crippen LogP contribution in [0.3, 0.4) is 0 Å². The molecule has 2 aromatic rings. The number of anilines is 1. The number of nitrogens with zero attached hydrogens (tertiary/aromatic N) is 2. The van der Waals surface area contributed by atoms with E-state index >= 15 is 0 Å². The number of piperazine rings is 1. The van der Waals surface area contributed by atoms with E-state index in [4.69, 9.17) is 9.47 Å². The van der Waals surface area contributed by atoms with Gasteiger partial charge < -0.3 is 19.7 Å². The fraction of sp³-hybridized carbons (Fsp3) is 0.409. The standard InChI is InChI=1S/C22H29N3O3/c1-27-16-4-11-24-12-14-25(15-13-24)22(26)23-20-9-7-18(8-10-20)19-5-3-6-21(17-19)28-2/h3,5-10,17H,4,11-16H2,1-2H3,(H,23,26). The van der Waals surface area contributed by atoms with Crippen LogP contribution in [0.2, 0.25) is 0 Å². The molecule has 1 fully saturated rings. The predicted octanol–water partition coefficient (Wildman–Crippen LogP) is 3.55. The van der Waals surface area contributed by atoms with Crippen LogP contribution >= 0.6 is 0 Å². The number of ether oxygens (including phenoxy) is 2. The lowest BCUT2D eigenvalue weighted by Gasteiger charge is -2.34. The highest BCUT2D eigenvalue weighted by Crippen LogP contribution is 2.25. The van der Waals surface area contributed by atoms with Crippen LogP contribution in [0.4, 0.5) is 10.5 Å². The number of benzene rings is 2. The molecule has 1 heterocycles. The molecule has 3 rings (SSSR count). The molecule has 6 heteroatoms. The summed E-state index contributed by atoms with van der Waals surface area (Å²) in [5, 5.41) is 3.00. The Morgan fingerprint density at radius 2 is 1.75 bits per heavy atom. The second kappa shape index (κ2) is 10.1. The Balaban J connectivity index is 1.51. The van der Waals surface area contributed by atoms with Crippen molar-refractivity contribution in [3.05, 3.63) is 48.5 Å². The van der Waals surface area contributed by atoms with Crippen LogP contribution < -0.4 is 10.1 Å². The summed E-state index contributed by atoms with van der Waals surface area (Å²) in [6, 6.07) is 15.8. The number of amides is 2. The van der Waals surface area contributed by atoms with Gasteiger partial charge in [-0.1, -0.05) is 24.3 Å². The number of hydrogen-bond acceptors (Lipinski definition) is 4. The van der Waals surface area contributed by atoms with Crippen molar-refractivity contribution in [1.29, 1.82) is 0 Å². The number of carbonyl (C=O) groups excluding carboxylic acids is 1. The Hall–Kier alpha value is -2.57. The Bertz CT molecular complexity index is 756. The summed E-state index contributed by atoms with van der Waals surface area (Å²) in [6.45, 7) is 5.13. The Labute approximate surface area is 167 Å². The van der Waals surface area contributed by atoms with Gasteiger partial charge in [0.2, 0.25) is 0 Å². The van der Waals surface area contributed by atoms with E-state index in [-0.39, 0.29) is 6.03 Å². The maximum Gasteiger partial charge on any atom is 0.321 e. The van der Waals surface area contributed by atoms with Crippen molar-refractivity contribution < 1.29 is 14.3 Å². The molecule has 2 aromatic carbocycles. The first-order chi connectivity index (χ1) is 13.7. The van der Waals surface area contributed by atoms with Gasteiger partial charge in [-0.3, -0.25) is 4.90 Å². The molecule has 1 saturated heterocycles. The molecule has 0 aromatic heterocycles. The highest BCUT2D eigenvalue weighted by molar-refractivity contribution is 5.89. The average Bonchev–Trinajstić information content (AvgIpc) is 2.75. The predicted molar refractivity (Wildman–Crippen MR) is 112 cm³/mol. The van der Waals surface area contributed by atoms with Crippen molar-refractivity contribution >= 4 is 11.7 Å². The monoisotopic (exact) mass is 383 g/mol. The zero-order valence-corrected chi connectivity index (χ0v) is 16.7. The van der Waals surface area contributed by atoms with E-state index in [0.29, 0.717) is 0 Å². The molecule has 1 N–H and O–H groups in total. The summed E-state index contributed by atoms with van der Waals surface area (Å²) < 4.78 is 10.4. The first kappa shape index (κ1) is 20.2. The molecule has 1 aliphatic rings. The molecule has 150 valence electrons. The number of methoxy groups -OCH3 is 2. The average molecular weight is 383 g/mol. The lowest BCUT2D eigenvalue weighted by molar-refractivity contribution is 0.130. The summed E-state index contributed by atoms with van der Waals surface area (Å²) >= 11 is 0. The minimum atomic E-state index is -0.0364. The summed E-state index contributed by atoms with van der Waals surface area (Å²) in [7, 11) is 3.39. The van der Waals surface area contributed by atoms with Gasteiger partial charge in [-0.15, -0.1) is 0 Å². The van der Waals surface area contributed by atoms with Crippen LogP contribution in [0.5, 0.6) is 5.75 Å². The molecule has 6 nitrogen and oxygen atoms in total. The van der Waals surface area contributed by atoms with Gasteiger partial charge >= 0.3 is 6.03 Å². The van der Waals surface area contributed by atoms with Crippen LogP contribution in [0.1, 0.15) is 6.42 Å². The molecule has 2 amide bonds. The van der Waals surface area contributed by atoms with Crippen molar-refractivity contribution in [2.75, 3.05) is 58.9 Å². The first-order valence-corrected chi connectivity index (χ1v) is 9.71. The van der Waals surface area contributed by atoms with Crippen LogP contribution in [0.25, 0.3) is 11.1 Å². The number of rotatable bonds is 7. The zero-order chi connectivity index (χ0) is 19.8. The van der Waals surface area contributed by atoms with E-state index in [1.165, 1.54) is 0 Å². The molecular weight excluding hydrogens is 354 g/mol. The molecule has 28 heavy (non-hydrogen) atoms. The van der Waals surface area contributed by atoms with Gasteiger partial charge in [-0.25, -0.2) is 4.79 Å². The first-order valence-electron chi connectivity index (χ1n) is 9.71. The quantitative estimate of drug-likeness (QED) is 0.743. The van der Waals surface area contributed by atoms with Crippen molar-refractivity contribution in [3.63, 3.8) is 0 Å². The third kappa shape index (κ3) is 5.47. The Kier molecular flexibility index (Phi) is 7.28. The minimum Gasteiger partial charge on any atom is -0.497 e. The van der Waals surface area contributed by atoms with Crippen molar-refractivity contribution in [2.24, 2.45) is 0 Å². The summed E-state index contributed by atoms with van der Waals surface area (Å²) in [6.07, 6.45) is 1.03. The fourth-order valence-electron chi connectivity index (χ4n) is 3.36. The largest absolute Gasteiger partial charge is 0.497 e. The molecular formula is C22H29N3O3. The van der Waals surface area contributed by atoms with Crippen LogP contribution in [0.15, 0.2) is 48.5 Å². The van der Waals surface area contributed by atoms with Gasteiger partial charge in [0.1, 0.15) is 5.75 Å². The molecule has 0 unspecified atom stereocenters. The highest BCUT2D eigenvalue weighted by atomic mass is 16.5. The molecule has 0 spiro atoms. The Morgan fingerprint density at radius 1 is 1.00 bits per heavy atom. The van der Waals surface area contributed by atoms with Gasteiger partial charge in [0.25, 0.3) is 0 Å². The molecule has 0 atom stereocenters. The maximum atomic E-state index is 12.5. The number of nitrogens with one attached hydrogen (secondary N) is 1. The van der Waals surface area contributed by atoms with Gasteiger partial charge in [0.05, 0.1) is 7.11 Å². The highest BCUT2D eigenvalue weighted by Gasteiger charge is 2.20. The van der Waals surface area contributed by atoms with Gasteiger partial charge in [-0.2, -0.15) is 0 Å². The maximum absolute atomic E-state index is 12.5. The zero-order valence-electron chi connectivity index (χ0n) is 16.7. The van der Waals surface area contributed by atoms with E-state index in [1.54, 1.807) is 14.2 Å². The second-order valence-corrected chi connectivity index (χ2v) is 6.91. The van der Waals surface area contributed by atoms with Gasteiger partial charge in [0.15, 0.2) is 0 Å². The molecule has 0 bridgehead atoms. The molecule has 1 aliphatic heterocycles. The smallest absolute Gasteiger partial charge is 0.321 e. The lowest BCUT2D eigenvalue weighted by atomic mass is 10.1. The fourth-order valence-corrected chi connectivity index (χ4v) is 3.36. The SMILES string of the molecule is COCCCN1CCN(C(=O)Nc2ccc(-c3cccc(OC)c3)cc2)CC1. The van der Waals surface area contributed by atoms with E-state index in [0.717, 1.165) is 68.3 Å². The third-order valence-electron chi connectivity index (χ3n) is 5.02. The van der Waals surface area contributed by atoms with Crippen LogP contribution in [0, 0.1) is 0 Å². The van der Waals surface area contributed by atoms with E-state index in [1.807, 2.05) is 53.4 Å². The van der Waals surface area contributed by atoms with Crippen LogP contribution in [-0.4, -0.2) is 69.4 Å². The van der Waals surface area contributed by atoms with Crippen molar-refractivity contribution in [3.8, 4) is 16.9 Å². The third-order valence-corrected chi connectivity index (χ3v) is 5.02. The molecule has 0 saturated carbocycles. The summed E-state index contributed by atoms with van der Waals surface area (Å²) in [5.74, 6) is 0.830. The second-order valence-electron chi connectivity index (χ2n) is 6.91. The minimum absolute atomic E-state index is 0.0364. The van der Waals surface area contributed by atoms with E-state index in [9.17, 15) is 4.79 Å². The van der Waals surface area contributed by atoms with Gasteiger partial charge in [-0.05, 0) is 41.8 Å². The van der Waals surface area contributed by atoms with E-state index in [2.05, 4.69) is 10.2 Å². The number of hydrogen-bond donors (Lipinski definition) is 1.